The van der Waals surface area contributed by atoms with Crippen LogP contribution in [0.2, 0.25) is 0 Å². The molecule has 0 radical (unpaired) electrons. The van der Waals surface area contributed by atoms with Gasteiger partial charge >= 0.3 is 11.9 Å². The smallest absolute Gasteiger partial charge is 0.326 e. The lowest BCUT2D eigenvalue weighted by Crippen LogP contribution is -2.57. The predicted octanol–water partition coefficient (Wildman–Crippen LogP) is -0.395. The van der Waals surface area contributed by atoms with E-state index in [2.05, 4.69) is 26.3 Å². The van der Waals surface area contributed by atoms with Gasteiger partial charge in [-0.05, 0) is 56.8 Å². The number of carbonyl (C=O) groups excluding carboxylic acids is 3. The molecule has 2 aromatic rings. The van der Waals surface area contributed by atoms with Crippen LogP contribution in [0.15, 0.2) is 30.5 Å². The summed E-state index contributed by atoms with van der Waals surface area (Å²) in [6.45, 7) is 1.12. The lowest BCUT2D eigenvalue weighted by molar-refractivity contribution is -0.147. The molecule has 13 nitrogen and oxygen atoms in total. The quantitative estimate of drug-likeness (QED) is 0.137. The minimum atomic E-state index is -1.69. The molecule has 4 atom stereocenters. The first-order valence-corrected chi connectivity index (χ1v) is 13.0. The van der Waals surface area contributed by atoms with E-state index in [0.29, 0.717) is 44.3 Å². The van der Waals surface area contributed by atoms with Gasteiger partial charge in [0, 0.05) is 23.5 Å². The van der Waals surface area contributed by atoms with Gasteiger partial charge in [0.25, 0.3) is 0 Å². The molecule has 1 fully saturated rings. The number of aromatic nitrogens is 1. The highest BCUT2D eigenvalue weighted by Crippen LogP contribution is 2.19. The van der Waals surface area contributed by atoms with Crippen molar-refractivity contribution in [3.05, 3.63) is 36.0 Å². The molecule has 2 heterocycles. The molecule has 0 spiro atoms. The van der Waals surface area contributed by atoms with E-state index in [4.69, 9.17) is 10.8 Å². The van der Waals surface area contributed by atoms with Gasteiger partial charge in [-0.3, -0.25) is 19.2 Å². The van der Waals surface area contributed by atoms with Crippen LogP contribution in [0.3, 0.4) is 0 Å². The van der Waals surface area contributed by atoms with E-state index in [-0.39, 0.29) is 12.3 Å². The molecule has 0 bridgehead atoms. The van der Waals surface area contributed by atoms with Crippen molar-refractivity contribution in [1.82, 2.24) is 26.3 Å². The molecule has 1 aromatic carbocycles. The van der Waals surface area contributed by atoms with Crippen molar-refractivity contribution >= 4 is 40.6 Å². The van der Waals surface area contributed by atoms with E-state index in [9.17, 15) is 29.1 Å². The molecule has 1 aliphatic heterocycles. The molecule has 1 aromatic heterocycles. The second-order valence-electron chi connectivity index (χ2n) is 9.62. The standard InChI is InChI=1S/C26H36N6O7/c27-10-4-3-8-19(30-23(35)18-9-5-11-28-18)24(36)31-20(25(37)32-21(26(38)39)13-22(33)34)12-15-14-29-17-7-2-1-6-16(15)17/h1-2,6-7,14,18-21,28-29H,3-5,8-13,27H2,(H,30,35)(H,31,36)(H,32,37)(H,33,34)(H,38,39). The third kappa shape index (κ3) is 8.52. The largest absolute Gasteiger partial charge is 0.481 e. The number of amides is 3. The van der Waals surface area contributed by atoms with Crippen LogP contribution in [0.4, 0.5) is 0 Å². The summed E-state index contributed by atoms with van der Waals surface area (Å²) in [7, 11) is 0. The van der Waals surface area contributed by atoms with Gasteiger partial charge in [-0.25, -0.2) is 4.79 Å². The first-order valence-electron chi connectivity index (χ1n) is 13.0. The van der Waals surface area contributed by atoms with Crippen molar-refractivity contribution in [2.24, 2.45) is 5.73 Å². The molecule has 1 aliphatic rings. The molecule has 0 saturated carbocycles. The van der Waals surface area contributed by atoms with Crippen molar-refractivity contribution in [2.75, 3.05) is 13.1 Å². The Kier molecular flexibility index (Phi) is 10.8. The van der Waals surface area contributed by atoms with E-state index in [1.165, 1.54) is 0 Å². The molecule has 0 aliphatic carbocycles. The van der Waals surface area contributed by atoms with E-state index >= 15 is 0 Å². The van der Waals surface area contributed by atoms with Gasteiger partial charge in [0.05, 0.1) is 12.5 Å². The number of benzene rings is 1. The van der Waals surface area contributed by atoms with Crippen LogP contribution < -0.4 is 27.0 Å². The van der Waals surface area contributed by atoms with E-state index in [0.717, 1.165) is 17.3 Å². The number of rotatable bonds is 15. The molecule has 1 saturated heterocycles. The monoisotopic (exact) mass is 544 g/mol. The predicted molar refractivity (Wildman–Crippen MR) is 142 cm³/mol. The fourth-order valence-electron chi connectivity index (χ4n) is 4.59. The van der Waals surface area contributed by atoms with Gasteiger partial charge in [-0.2, -0.15) is 0 Å². The van der Waals surface area contributed by atoms with Gasteiger partial charge in [0.2, 0.25) is 17.7 Å². The van der Waals surface area contributed by atoms with E-state index in [1.807, 2.05) is 24.3 Å². The maximum absolute atomic E-state index is 13.4. The summed E-state index contributed by atoms with van der Waals surface area (Å²) >= 11 is 0. The minimum absolute atomic E-state index is 0.00531. The van der Waals surface area contributed by atoms with Crippen molar-refractivity contribution < 1.29 is 34.2 Å². The fraction of sp³-hybridized carbons (Fsp3) is 0.500. The summed E-state index contributed by atoms with van der Waals surface area (Å²) < 4.78 is 0. The first kappa shape index (κ1) is 29.6. The lowest BCUT2D eigenvalue weighted by Gasteiger charge is -2.25. The first-order chi connectivity index (χ1) is 18.7. The fourth-order valence-corrected chi connectivity index (χ4v) is 4.59. The summed E-state index contributed by atoms with van der Waals surface area (Å²) in [6.07, 6.45) is 3.83. The number of carbonyl (C=O) groups is 5. The number of aromatic amines is 1. The summed E-state index contributed by atoms with van der Waals surface area (Å²) in [6, 6.07) is 3.06. The second kappa shape index (κ2) is 14.3. The number of hydrogen-bond donors (Lipinski definition) is 8. The normalized spacial score (nSPS) is 17.2. The number of unbranched alkanes of at least 4 members (excludes halogenated alkanes) is 1. The Labute approximate surface area is 225 Å². The maximum Gasteiger partial charge on any atom is 0.326 e. The number of nitrogens with two attached hydrogens (primary N) is 1. The number of carboxylic acids is 2. The number of nitrogens with one attached hydrogen (secondary N) is 5. The number of para-hydroxylation sites is 1. The highest BCUT2D eigenvalue weighted by molar-refractivity contribution is 5.95. The molecule has 4 unspecified atom stereocenters. The van der Waals surface area contributed by atoms with Crippen molar-refractivity contribution in [1.29, 1.82) is 0 Å². The van der Waals surface area contributed by atoms with Gasteiger partial charge < -0.3 is 42.2 Å². The average molecular weight is 545 g/mol. The Balaban J connectivity index is 1.82. The van der Waals surface area contributed by atoms with Crippen molar-refractivity contribution in [3.63, 3.8) is 0 Å². The van der Waals surface area contributed by atoms with Crippen LogP contribution in [0, 0.1) is 0 Å². The van der Waals surface area contributed by atoms with Crippen LogP contribution in [0.5, 0.6) is 0 Å². The maximum atomic E-state index is 13.4. The number of H-pyrrole nitrogens is 1. The summed E-state index contributed by atoms with van der Waals surface area (Å²) in [5.74, 6) is -4.69. The van der Waals surface area contributed by atoms with Gasteiger partial charge in [0.15, 0.2) is 0 Å². The van der Waals surface area contributed by atoms with Crippen molar-refractivity contribution in [3.8, 4) is 0 Å². The zero-order valence-electron chi connectivity index (χ0n) is 21.6. The lowest BCUT2D eigenvalue weighted by atomic mass is 10.0. The Bertz CT molecular complexity index is 1180. The number of fused-ring (bicyclic) bond motifs is 1. The van der Waals surface area contributed by atoms with Crippen LogP contribution in [0.25, 0.3) is 10.9 Å². The molecule has 3 rings (SSSR count). The number of carboxylic acid groups (broad SMARTS) is 2. The van der Waals surface area contributed by atoms with Gasteiger partial charge in [0.1, 0.15) is 18.1 Å². The van der Waals surface area contributed by atoms with Crippen LogP contribution in [-0.4, -0.2) is 82.1 Å². The average Bonchev–Trinajstić information content (AvgIpc) is 3.58. The van der Waals surface area contributed by atoms with E-state index in [1.54, 1.807) is 6.20 Å². The van der Waals surface area contributed by atoms with E-state index < -0.39 is 54.3 Å². The highest BCUT2D eigenvalue weighted by atomic mass is 16.4. The topological polar surface area (TPSA) is 216 Å². The van der Waals surface area contributed by atoms with Crippen LogP contribution in [0.1, 0.15) is 44.1 Å². The van der Waals surface area contributed by atoms with Crippen LogP contribution in [-0.2, 0) is 30.4 Å². The van der Waals surface area contributed by atoms with Crippen LogP contribution >= 0.6 is 0 Å². The van der Waals surface area contributed by atoms with Crippen molar-refractivity contribution in [2.45, 2.75) is 69.1 Å². The van der Waals surface area contributed by atoms with Gasteiger partial charge in [-0.15, -0.1) is 0 Å². The highest BCUT2D eigenvalue weighted by Gasteiger charge is 2.32. The zero-order valence-corrected chi connectivity index (χ0v) is 21.6. The number of hydrogen-bond acceptors (Lipinski definition) is 7. The van der Waals surface area contributed by atoms with Gasteiger partial charge in [-0.1, -0.05) is 18.2 Å². The third-order valence-electron chi connectivity index (χ3n) is 6.68. The summed E-state index contributed by atoms with van der Waals surface area (Å²) in [4.78, 5) is 65.2. The Morgan fingerprint density at radius 2 is 1.69 bits per heavy atom. The molecule has 39 heavy (non-hydrogen) atoms. The minimum Gasteiger partial charge on any atom is -0.481 e. The molecule has 3 amide bonds. The molecule has 9 N–H and O–H groups in total. The Morgan fingerprint density at radius 1 is 0.974 bits per heavy atom. The molecule has 212 valence electrons. The summed E-state index contributed by atoms with van der Waals surface area (Å²) in [5, 5.41) is 30.0. The Hall–Kier alpha value is -3.97. The number of aliphatic carboxylic acids is 2. The molecular weight excluding hydrogens is 508 g/mol. The second-order valence-corrected chi connectivity index (χ2v) is 9.62. The SMILES string of the molecule is NCCCCC(NC(=O)C1CCCN1)C(=O)NC(Cc1c[nH]c2ccccc12)C(=O)NC(CC(=O)O)C(=O)O. The molecule has 13 heteroatoms. The molecular formula is C26H36N6O7. The Morgan fingerprint density at radius 3 is 2.36 bits per heavy atom. The zero-order chi connectivity index (χ0) is 28.4. The summed E-state index contributed by atoms with van der Waals surface area (Å²) in [5.41, 5.74) is 7.09. The third-order valence-corrected chi connectivity index (χ3v) is 6.68.